The number of rotatable bonds is 6. The topological polar surface area (TPSA) is 62.5 Å². The highest BCUT2D eigenvalue weighted by atomic mass is 16.4. The maximum Gasteiger partial charge on any atom is 0.335 e. The third-order valence-corrected chi connectivity index (χ3v) is 3.28. The van der Waals surface area contributed by atoms with E-state index in [2.05, 4.69) is 12.2 Å². The summed E-state index contributed by atoms with van der Waals surface area (Å²) < 4.78 is 5.31. The van der Waals surface area contributed by atoms with Crippen LogP contribution < -0.4 is 5.32 Å². The SMILES string of the molecule is Cc1cc(C(=O)O)ccc1NC(C)CCc1ccco1. The largest absolute Gasteiger partial charge is 0.478 e. The van der Waals surface area contributed by atoms with Crippen LogP contribution in [0.5, 0.6) is 0 Å². The zero-order valence-corrected chi connectivity index (χ0v) is 11.7. The molecule has 1 aromatic carbocycles. The van der Waals surface area contributed by atoms with Crippen LogP contribution in [0.3, 0.4) is 0 Å². The number of carboxylic acid groups (broad SMARTS) is 1. The van der Waals surface area contributed by atoms with Gasteiger partial charge < -0.3 is 14.8 Å². The van der Waals surface area contributed by atoms with Crippen LogP contribution in [0.4, 0.5) is 5.69 Å². The monoisotopic (exact) mass is 273 g/mol. The van der Waals surface area contributed by atoms with Gasteiger partial charge in [-0.1, -0.05) is 0 Å². The van der Waals surface area contributed by atoms with Crippen molar-refractivity contribution >= 4 is 11.7 Å². The van der Waals surface area contributed by atoms with Crippen molar-refractivity contribution in [2.24, 2.45) is 0 Å². The van der Waals surface area contributed by atoms with Gasteiger partial charge in [-0.25, -0.2) is 4.79 Å². The summed E-state index contributed by atoms with van der Waals surface area (Å²) in [4.78, 5) is 10.9. The van der Waals surface area contributed by atoms with Gasteiger partial charge in [-0.3, -0.25) is 0 Å². The third-order valence-electron chi connectivity index (χ3n) is 3.28. The van der Waals surface area contributed by atoms with E-state index in [4.69, 9.17) is 9.52 Å². The molecular formula is C16H19NO3. The molecule has 2 rings (SSSR count). The Kier molecular flexibility index (Phi) is 4.45. The van der Waals surface area contributed by atoms with Crippen molar-refractivity contribution in [1.82, 2.24) is 0 Å². The molecular weight excluding hydrogens is 254 g/mol. The van der Waals surface area contributed by atoms with Gasteiger partial charge in [-0.15, -0.1) is 0 Å². The van der Waals surface area contributed by atoms with Crippen LogP contribution in [0.1, 0.15) is 35.0 Å². The molecule has 4 heteroatoms. The molecule has 1 aromatic heterocycles. The Bertz CT molecular complexity index is 575. The number of aromatic carboxylic acids is 1. The highest BCUT2D eigenvalue weighted by molar-refractivity contribution is 5.88. The first kappa shape index (κ1) is 14.2. The minimum absolute atomic E-state index is 0.287. The average molecular weight is 273 g/mol. The van der Waals surface area contributed by atoms with Crippen LogP contribution in [0.15, 0.2) is 41.0 Å². The lowest BCUT2D eigenvalue weighted by Crippen LogP contribution is -2.16. The number of furan rings is 1. The molecule has 2 N–H and O–H groups in total. The summed E-state index contributed by atoms with van der Waals surface area (Å²) in [5.41, 5.74) is 2.23. The molecule has 0 aliphatic rings. The first-order valence-electron chi connectivity index (χ1n) is 6.69. The maximum atomic E-state index is 10.9. The van der Waals surface area contributed by atoms with Crippen molar-refractivity contribution in [3.05, 3.63) is 53.5 Å². The quantitative estimate of drug-likeness (QED) is 0.842. The van der Waals surface area contributed by atoms with Crippen molar-refractivity contribution in [2.45, 2.75) is 32.7 Å². The lowest BCUT2D eigenvalue weighted by atomic mass is 10.1. The van der Waals surface area contributed by atoms with Gasteiger partial charge in [0.05, 0.1) is 11.8 Å². The average Bonchev–Trinajstić information content (AvgIpc) is 2.91. The zero-order chi connectivity index (χ0) is 14.5. The van der Waals surface area contributed by atoms with E-state index >= 15 is 0 Å². The van der Waals surface area contributed by atoms with Crippen molar-refractivity contribution in [3.8, 4) is 0 Å². The summed E-state index contributed by atoms with van der Waals surface area (Å²) >= 11 is 0. The number of hydrogen-bond donors (Lipinski definition) is 2. The molecule has 0 bridgehead atoms. The van der Waals surface area contributed by atoms with E-state index in [0.29, 0.717) is 5.56 Å². The van der Waals surface area contributed by atoms with Gasteiger partial charge in [-0.2, -0.15) is 0 Å². The Labute approximate surface area is 118 Å². The van der Waals surface area contributed by atoms with E-state index in [0.717, 1.165) is 29.9 Å². The summed E-state index contributed by atoms with van der Waals surface area (Å²) in [6.45, 7) is 4.02. The summed E-state index contributed by atoms with van der Waals surface area (Å²) in [6.07, 6.45) is 3.52. The van der Waals surface area contributed by atoms with Crippen LogP contribution in [0.2, 0.25) is 0 Å². The summed E-state index contributed by atoms with van der Waals surface area (Å²) in [7, 11) is 0. The van der Waals surface area contributed by atoms with Crippen molar-refractivity contribution in [3.63, 3.8) is 0 Å². The smallest absolute Gasteiger partial charge is 0.335 e. The molecule has 0 spiro atoms. The van der Waals surface area contributed by atoms with Gasteiger partial charge in [0, 0.05) is 18.2 Å². The number of carbonyl (C=O) groups is 1. The molecule has 0 fully saturated rings. The Balaban J connectivity index is 1.93. The fourth-order valence-electron chi connectivity index (χ4n) is 2.11. The zero-order valence-electron chi connectivity index (χ0n) is 11.7. The van der Waals surface area contributed by atoms with Crippen molar-refractivity contribution < 1.29 is 14.3 Å². The number of nitrogens with one attached hydrogen (secondary N) is 1. The first-order chi connectivity index (χ1) is 9.56. The number of aryl methyl sites for hydroxylation is 2. The highest BCUT2D eigenvalue weighted by Gasteiger charge is 2.08. The molecule has 1 atom stereocenters. The fourth-order valence-corrected chi connectivity index (χ4v) is 2.11. The fraction of sp³-hybridized carbons (Fsp3) is 0.312. The van der Waals surface area contributed by atoms with E-state index in [1.165, 1.54) is 0 Å². The lowest BCUT2D eigenvalue weighted by Gasteiger charge is -2.17. The van der Waals surface area contributed by atoms with Gasteiger partial charge in [0.1, 0.15) is 5.76 Å². The molecule has 0 radical (unpaired) electrons. The first-order valence-corrected chi connectivity index (χ1v) is 6.69. The number of carboxylic acids is 1. The van der Waals surface area contributed by atoms with E-state index in [9.17, 15) is 4.79 Å². The van der Waals surface area contributed by atoms with Crippen LogP contribution in [-0.4, -0.2) is 17.1 Å². The Morgan fingerprint density at radius 1 is 1.40 bits per heavy atom. The lowest BCUT2D eigenvalue weighted by molar-refractivity contribution is 0.0697. The summed E-state index contributed by atoms with van der Waals surface area (Å²) in [5, 5.41) is 12.3. The molecule has 4 nitrogen and oxygen atoms in total. The maximum absolute atomic E-state index is 10.9. The Morgan fingerprint density at radius 3 is 2.80 bits per heavy atom. The normalized spacial score (nSPS) is 12.1. The van der Waals surface area contributed by atoms with E-state index in [1.54, 1.807) is 18.4 Å². The predicted molar refractivity (Wildman–Crippen MR) is 78.3 cm³/mol. The second-order valence-corrected chi connectivity index (χ2v) is 5.00. The van der Waals surface area contributed by atoms with Crippen LogP contribution >= 0.6 is 0 Å². The number of hydrogen-bond acceptors (Lipinski definition) is 3. The minimum atomic E-state index is -0.898. The molecule has 1 heterocycles. The van der Waals surface area contributed by atoms with Gasteiger partial charge in [0.25, 0.3) is 0 Å². The van der Waals surface area contributed by atoms with Crippen molar-refractivity contribution in [2.75, 3.05) is 5.32 Å². The highest BCUT2D eigenvalue weighted by Crippen LogP contribution is 2.19. The Hall–Kier alpha value is -2.23. The van der Waals surface area contributed by atoms with Crippen LogP contribution in [0, 0.1) is 6.92 Å². The molecule has 2 aromatic rings. The Morgan fingerprint density at radius 2 is 2.20 bits per heavy atom. The van der Waals surface area contributed by atoms with Gasteiger partial charge in [0.2, 0.25) is 0 Å². The second kappa shape index (κ2) is 6.28. The molecule has 20 heavy (non-hydrogen) atoms. The van der Waals surface area contributed by atoms with Crippen LogP contribution in [0.25, 0.3) is 0 Å². The van der Waals surface area contributed by atoms with Gasteiger partial charge >= 0.3 is 5.97 Å². The molecule has 0 amide bonds. The van der Waals surface area contributed by atoms with Crippen molar-refractivity contribution in [1.29, 1.82) is 0 Å². The molecule has 0 saturated heterocycles. The third kappa shape index (κ3) is 3.63. The second-order valence-electron chi connectivity index (χ2n) is 5.00. The molecule has 0 aliphatic heterocycles. The van der Waals surface area contributed by atoms with Gasteiger partial charge in [-0.05, 0) is 56.2 Å². The van der Waals surface area contributed by atoms with Gasteiger partial charge in [0.15, 0.2) is 0 Å². The van der Waals surface area contributed by atoms with E-state index < -0.39 is 5.97 Å². The molecule has 1 unspecified atom stereocenters. The van der Waals surface area contributed by atoms with E-state index in [1.807, 2.05) is 25.1 Å². The molecule has 106 valence electrons. The summed E-state index contributed by atoms with van der Waals surface area (Å²) in [6, 6.07) is 9.28. The van der Waals surface area contributed by atoms with Crippen LogP contribution in [-0.2, 0) is 6.42 Å². The molecule has 0 aliphatic carbocycles. The predicted octanol–water partition coefficient (Wildman–Crippen LogP) is 3.72. The molecule has 0 saturated carbocycles. The number of benzene rings is 1. The standard InChI is InChI=1S/C16H19NO3/c1-11-10-13(16(18)19)6-8-15(11)17-12(2)5-7-14-4-3-9-20-14/h3-4,6,8-10,12,17H,5,7H2,1-2H3,(H,18,19). The summed E-state index contributed by atoms with van der Waals surface area (Å²) in [5.74, 6) is 0.0853. The van der Waals surface area contributed by atoms with E-state index in [-0.39, 0.29) is 6.04 Å². The minimum Gasteiger partial charge on any atom is -0.478 e. The number of anilines is 1.